The van der Waals surface area contributed by atoms with E-state index in [1.54, 1.807) is 18.2 Å². The van der Waals surface area contributed by atoms with E-state index in [0.717, 1.165) is 37.7 Å². The van der Waals surface area contributed by atoms with Gasteiger partial charge >= 0.3 is 0 Å². The predicted molar refractivity (Wildman–Crippen MR) is 119 cm³/mol. The van der Waals surface area contributed by atoms with E-state index >= 15 is 0 Å². The summed E-state index contributed by atoms with van der Waals surface area (Å²) >= 11 is 0. The minimum atomic E-state index is -3.69. The zero-order valence-electron chi connectivity index (χ0n) is 18.1. The van der Waals surface area contributed by atoms with Gasteiger partial charge in [-0.2, -0.15) is 4.31 Å². The monoisotopic (exact) mass is 447 g/mol. The molecule has 2 heterocycles. The molecular formula is C23H33N3O4S. The Bertz CT molecular complexity index is 923. The molecule has 1 atom stereocenters. The lowest BCUT2D eigenvalue weighted by Crippen LogP contribution is -2.47. The predicted octanol–water partition coefficient (Wildman–Crippen LogP) is 3.20. The number of hydrogen-bond donors (Lipinski definition) is 2. The number of nitrogens with one attached hydrogen (secondary N) is 2. The lowest BCUT2D eigenvalue weighted by Gasteiger charge is -2.32. The van der Waals surface area contributed by atoms with E-state index < -0.39 is 10.0 Å². The second-order valence-electron chi connectivity index (χ2n) is 9.12. The number of piperidine rings is 1. The number of amides is 2. The third kappa shape index (κ3) is 5.29. The smallest absolute Gasteiger partial charge is 0.243 e. The molecule has 1 aliphatic carbocycles. The fraction of sp³-hybridized carbons (Fsp3) is 0.652. The normalized spacial score (nSPS) is 23.9. The highest BCUT2D eigenvalue weighted by atomic mass is 32.2. The molecule has 1 saturated heterocycles. The maximum atomic E-state index is 13.3. The van der Waals surface area contributed by atoms with Gasteiger partial charge in [0.15, 0.2) is 0 Å². The molecule has 170 valence electrons. The molecule has 8 heteroatoms. The summed E-state index contributed by atoms with van der Waals surface area (Å²) in [5.41, 5.74) is 1.55. The summed E-state index contributed by atoms with van der Waals surface area (Å²) in [6.45, 7) is 0.665. The first-order valence-corrected chi connectivity index (χ1v) is 13.1. The van der Waals surface area contributed by atoms with Crippen molar-refractivity contribution in [1.82, 2.24) is 9.62 Å². The van der Waals surface area contributed by atoms with Crippen LogP contribution in [0.1, 0.15) is 69.8 Å². The molecule has 1 aromatic carbocycles. The molecule has 31 heavy (non-hydrogen) atoms. The van der Waals surface area contributed by atoms with Crippen molar-refractivity contribution in [3.8, 4) is 0 Å². The minimum absolute atomic E-state index is 0.00330. The Kier molecular flexibility index (Phi) is 6.96. The van der Waals surface area contributed by atoms with Gasteiger partial charge in [0.1, 0.15) is 0 Å². The van der Waals surface area contributed by atoms with Crippen LogP contribution in [0.15, 0.2) is 23.1 Å². The highest BCUT2D eigenvalue weighted by Crippen LogP contribution is 2.29. The average Bonchev–Trinajstić information content (AvgIpc) is 3.13. The van der Waals surface area contributed by atoms with E-state index in [-0.39, 0.29) is 35.2 Å². The first-order chi connectivity index (χ1) is 14.9. The highest BCUT2D eigenvalue weighted by molar-refractivity contribution is 7.89. The molecule has 4 rings (SSSR count). The van der Waals surface area contributed by atoms with Crippen molar-refractivity contribution in [2.75, 3.05) is 18.4 Å². The van der Waals surface area contributed by atoms with Crippen LogP contribution in [-0.4, -0.2) is 43.7 Å². The number of aryl methyl sites for hydroxylation is 1. The Labute approximate surface area is 185 Å². The van der Waals surface area contributed by atoms with E-state index in [9.17, 15) is 18.0 Å². The van der Waals surface area contributed by atoms with Crippen LogP contribution in [0.3, 0.4) is 0 Å². The van der Waals surface area contributed by atoms with Crippen molar-refractivity contribution in [2.24, 2.45) is 5.92 Å². The lowest BCUT2D eigenvalue weighted by atomic mass is 9.97. The van der Waals surface area contributed by atoms with E-state index in [1.165, 1.54) is 17.1 Å². The summed E-state index contributed by atoms with van der Waals surface area (Å²) in [5, 5.41) is 6.04. The van der Waals surface area contributed by atoms with Gasteiger partial charge in [-0.1, -0.05) is 25.7 Å². The van der Waals surface area contributed by atoms with Crippen LogP contribution < -0.4 is 10.6 Å². The number of anilines is 1. The van der Waals surface area contributed by atoms with Crippen molar-refractivity contribution < 1.29 is 18.0 Å². The average molecular weight is 448 g/mol. The molecule has 0 bridgehead atoms. The van der Waals surface area contributed by atoms with Gasteiger partial charge in [0.25, 0.3) is 0 Å². The summed E-state index contributed by atoms with van der Waals surface area (Å²) in [4.78, 5) is 24.9. The minimum Gasteiger partial charge on any atom is -0.353 e. The van der Waals surface area contributed by atoms with Crippen molar-refractivity contribution >= 4 is 27.5 Å². The fourth-order valence-corrected chi connectivity index (χ4v) is 6.55. The van der Waals surface area contributed by atoms with Gasteiger partial charge in [-0.25, -0.2) is 8.42 Å². The molecule has 2 fully saturated rings. The largest absolute Gasteiger partial charge is 0.353 e. The van der Waals surface area contributed by atoms with Crippen LogP contribution in [0.5, 0.6) is 0 Å². The second kappa shape index (κ2) is 9.69. The molecule has 1 saturated carbocycles. The van der Waals surface area contributed by atoms with Crippen LogP contribution in [0.25, 0.3) is 0 Å². The standard InChI is InChI=1S/C23H33N3O4S/c27-22-11-5-7-17-15-20(12-13-21(17)25-22)31(29,30)26-14-6-8-18(16-26)23(28)24-19-9-3-1-2-4-10-19/h12-13,15,18-19H,1-11,14,16H2,(H,24,28)(H,25,27)/t18-/m1/s1. The summed E-state index contributed by atoms with van der Waals surface area (Å²) < 4.78 is 28.1. The number of sulfonamides is 1. The molecule has 2 amide bonds. The molecule has 0 unspecified atom stereocenters. The number of hydrogen-bond acceptors (Lipinski definition) is 4. The third-order valence-corrected chi connectivity index (χ3v) is 8.66. The molecule has 3 aliphatic rings. The van der Waals surface area contributed by atoms with Crippen molar-refractivity contribution in [2.45, 2.75) is 81.6 Å². The van der Waals surface area contributed by atoms with Crippen LogP contribution in [0.2, 0.25) is 0 Å². The van der Waals surface area contributed by atoms with Gasteiger partial charge in [0.05, 0.1) is 10.8 Å². The zero-order valence-corrected chi connectivity index (χ0v) is 18.9. The lowest BCUT2D eigenvalue weighted by molar-refractivity contribution is -0.126. The maximum absolute atomic E-state index is 13.3. The quantitative estimate of drug-likeness (QED) is 0.693. The van der Waals surface area contributed by atoms with Gasteiger partial charge in [0.2, 0.25) is 21.8 Å². The fourth-order valence-electron chi connectivity index (χ4n) is 4.98. The Hall–Kier alpha value is -1.93. The number of carbonyl (C=O) groups excluding carboxylic acids is 2. The maximum Gasteiger partial charge on any atom is 0.243 e. The summed E-state index contributed by atoms with van der Waals surface area (Å²) in [5.74, 6) is -0.337. The molecule has 2 aliphatic heterocycles. The number of carbonyl (C=O) groups is 2. The Balaban J connectivity index is 1.45. The van der Waals surface area contributed by atoms with Crippen molar-refractivity contribution in [1.29, 1.82) is 0 Å². The number of nitrogens with zero attached hydrogens (tertiary/aromatic N) is 1. The number of benzene rings is 1. The molecule has 2 N–H and O–H groups in total. The third-order valence-electron chi connectivity index (χ3n) is 6.79. The van der Waals surface area contributed by atoms with Gasteiger partial charge in [0, 0.05) is 31.2 Å². The number of rotatable bonds is 4. The van der Waals surface area contributed by atoms with E-state index in [4.69, 9.17) is 0 Å². The summed E-state index contributed by atoms with van der Waals surface area (Å²) in [6.07, 6.45) is 10.0. The molecule has 0 radical (unpaired) electrons. The van der Waals surface area contributed by atoms with Crippen molar-refractivity contribution in [3.05, 3.63) is 23.8 Å². The topological polar surface area (TPSA) is 95.6 Å². The first kappa shape index (κ1) is 22.3. The Morgan fingerprint density at radius 1 is 1.00 bits per heavy atom. The van der Waals surface area contributed by atoms with Crippen LogP contribution >= 0.6 is 0 Å². The van der Waals surface area contributed by atoms with E-state index in [0.29, 0.717) is 37.9 Å². The zero-order chi connectivity index (χ0) is 21.8. The van der Waals surface area contributed by atoms with E-state index in [2.05, 4.69) is 10.6 Å². The van der Waals surface area contributed by atoms with Crippen molar-refractivity contribution in [3.63, 3.8) is 0 Å². The van der Waals surface area contributed by atoms with Gasteiger partial charge in [-0.05, 0) is 62.3 Å². The molecule has 0 spiro atoms. The van der Waals surface area contributed by atoms with Crippen LogP contribution in [0, 0.1) is 5.92 Å². The van der Waals surface area contributed by atoms with Crippen LogP contribution in [-0.2, 0) is 26.0 Å². The Morgan fingerprint density at radius 3 is 2.55 bits per heavy atom. The number of fused-ring (bicyclic) bond motifs is 1. The molecule has 0 aromatic heterocycles. The van der Waals surface area contributed by atoms with Gasteiger partial charge in [-0.15, -0.1) is 0 Å². The van der Waals surface area contributed by atoms with Gasteiger partial charge < -0.3 is 10.6 Å². The summed E-state index contributed by atoms with van der Waals surface area (Å²) in [6, 6.07) is 5.16. The SMILES string of the molecule is O=C1CCCc2cc(S(=O)(=O)N3CCC[C@@H](C(=O)NC4CCCCCC4)C3)ccc2N1. The highest BCUT2D eigenvalue weighted by Gasteiger charge is 2.34. The molecule has 7 nitrogen and oxygen atoms in total. The molecule has 1 aromatic rings. The summed E-state index contributed by atoms with van der Waals surface area (Å²) in [7, 11) is -3.69. The van der Waals surface area contributed by atoms with E-state index in [1.807, 2.05) is 0 Å². The second-order valence-corrected chi connectivity index (χ2v) is 11.1. The Morgan fingerprint density at radius 2 is 1.77 bits per heavy atom. The van der Waals surface area contributed by atoms with Gasteiger partial charge in [-0.3, -0.25) is 9.59 Å². The molecular weight excluding hydrogens is 414 g/mol. The van der Waals surface area contributed by atoms with Crippen LogP contribution in [0.4, 0.5) is 5.69 Å². The first-order valence-electron chi connectivity index (χ1n) is 11.7.